The van der Waals surface area contributed by atoms with E-state index in [1.807, 2.05) is 11.8 Å². The summed E-state index contributed by atoms with van der Waals surface area (Å²) in [4.78, 5) is 4.55. The topological polar surface area (TPSA) is 38.9 Å². The van der Waals surface area contributed by atoms with Gasteiger partial charge in [-0.15, -0.1) is 11.8 Å². The molecule has 1 aliphatic carbocycles. The highest BCUT2D eigenvalue weighted by molar-refractivity contribution is 7.99. The summed E-state index contributed by atoms with van der Waals surface area (Å²) in [6, 6.07) is 4.74. The lowest BCUT2D eigenvalue weighted by molar-refractivity contribution is 0.470. The van der Waals surface area contributed by atoms with Gasteiger partial charge in [0.25, 0.3) is 0 Å². The second-order valence-electron chi connectivity index (χ2n) is 5.12. The summed E-state index contributed by atoms with van der Waals surface area (Å²) in [5.41, 5.74) is 8.50. The first-order valence-corrected chi connectivity index (χ1v) is 7.47. The van der Waals surface area contributed by atoms with Crippen LogP contribution in [-0.4, -0.2) is 16.8 Å². The summed E-state index contributed by atoms with van der Waals surface area (Å²) in [6.07, 6.45) is 5.10. The molecule has 0 aliphatic heterocycles. The highest BCUT2D eigenvalue weighted by Crippen LogP contribution is 2.29. The molecule has 0 amide bonds. The van der Waals surface area contributed by atoms with E-state index in [1.165, 1.54) is 31.2 Å². The Morgan fingerprint density at radius 2 is 2.18 bits per heavy atom. The van der Waals surface area contributed by atoms with Crippen molar-refractivity contribution in [3.63, 3.8) is 0 Å². The van der Waals surface area contributed by atoms with Crippen LogP contribution in [0.1, 0.15) is 36.9 Å². The van der Waals surface area contributed by atoms with Gasteiger partial charge in [-0.05, 0) is 62.5 Å². The Bertz CT molecular complexity index is 358. The van der Waals surface area contributed by atoms with Crippen LogP contribution in [0.2, 0.25) is 0 Å². The second kappa shape index (κ2) is 5.87. The molecule has 1 aromatic rings. The van der Waals surface area contributed by atoms with Gasteiger partial charge in [0, 0.05) is 11.7 Å². The average Bonchev–Trinajstić information content (AvgIpc) is 2.63. The van der Waals surface area contributed by atoms with E-state index >= 15 is 0 Å². The van der Waals surface area contributed by atoms with Gasteiger partial charge in [0.15, 0.2) is 0 Å². The molecule has 0 radical (unpaired) electrons. The van der Waals surface area contributed by atoms with Gasteiger partial charge >= 0.3 is 0 Å². The molecule has 1 saturated carbocycles. The standard InChI is InChI=1S/C14H22N2S/c1-10-8-11(2)16-14(9-10)17-7-6-12-4-3-5-13(12)15/h8-9,12-13H,3-7,15H2,1-2H3. The van der Waals surface area contributed by atoms with Crippen LogP contribution in [-0.2, 0) is 0 Å². The third kappa shape index (κ3) is 3.71. The Kier molecular flexibility index (Phi) is 4.46. The zero-order valence-electron chi connectivity index (χ0n) is 10.8. The normalized spacial score (nSPS) is 24.2. The number of pyridine rings is 1. The molecule has 1 aromatic heterocycles. The van der Waals surface area contributed by atoms with Gasteiger partial charge < -0.3 is 5.73 Å². The SMILES string of the molecule is Cc1cc(C)nc(SCCC2CCCC2N)c1. The molecule has 0 bridgehead atoms. The third-order valence-corrected chi connectivity index (χ3v) is 4.48. The van der Waals surface area contributed by atoms with Crippen LogP contribution >= 0.6 is 11.8 Å². The lowest BCUT2D eigenvalue weighted by Crippen LogP contribution is -2.24. The van der Waals surface area contributed by atoms with E-state index in [0.29, 0.717) is 6.04 Å². The van der Waals surface area contributed by atoms with E-state index in [2.05, 4.69) is 31.0 Å². The van der Waals surface area contributed by atoms with Crippen LogP contribution < -0.4 is 5.73 Å². The van der Waals surface area contributed by atoms with Crippen LogP contribution in [0.4, 0.5) is 0 Å². The van der Waals surface area contributed by atoms with Gasteiger partial charge in [-0.25, -0.2) is 4.98 Å². The molecule has 0 saturated heterocycles. The molecule has 2 rings (SSSR count). The van der Waals surface area contributed by atoms with Crippen LogP contribution in [0.25, 0.3) is 0 Å². The summed E-state index contributed by atoms with van der Waals surface area (Å²) in [6.45, 7) is 4.19. The molecule has 0 aromatic carbocycles. The van der Waals surface area contributed by atoms with Gasteiger partial charge in [-0.1, -0.05) is 6.42 Å². The molecule has 1 fully saturated rings. The minimum absolute atomic E-state index is 0.447. The highest BCUT2D eigenvalue weighted by Gasteiger charge is 2.23. The van der Waals surface area contributed by atoms with E-state index in [-0.39, 0.29) is 0 Å². The maximum atomic E-state index is 6.08. The van der Waals surface area contributed by atoms with Gasteiger partial charge in [-0.3, -0.25) is 0 Å². The molecule has 1 heterocycles. The first kappa shape index (κ1) is 12.9. The van der Waals surface area contributed by atoms with Crippen molar-refractivity contribution in [3.05, 3.63) is 23.4 Å². The number of nitrogens with zero attached hydrogens (tertiary/aromatic N) is 1. The maximum absolute atomic E-state index is 6.08. The van der Waals surface area contributed by atoms with Gasteiger partial charge in [-0.2, -0.15) is 0 Å². The summed E-state index contributed by atoms with van der Waals surface area (Å²) < 4.78 is 0. The number of aromatic nitrogens is 1. The number of nitrogens with two attached hydrogens (primary N) is 1. The van der Waals surface area contributed by atoms with E-state index in [1.54, 1.807) is 0 Å². The predicted molar refractivity (Wildman–Crippen MR) is 74.4 cm³/mol. The molecular weight excluding hydrogens is 228 g/mol. The molecule has 3 heteroatoms. The Hall–Kier alpha value is -0.540. The van der Waals surface area contributed by atoms with Gasteiger partial charge in [0.1, 0.15) is 0 Å². The highest BCUT2D eigenvalue weighted by atomic mass is 32.2. The Morgan fingerprint density at radius 3 is 2.82 bits per heavy atom. The zero-order chi connectivity index (χ0) is 12.3. The number of hydrogen-bond acceptors (Lipinski definition) is 3. The molecule has 2 unspecified atom stereocenters. The van der Waals surface area contributed by atoms with Gasteiger partial charge in [0.05, 0.1) is 5.03 Å². The van der Waals surface area contributed by atoms with Crippen molar-refractivity contribution in [1.82, 2.24) is 4.98 Å². The van der Waals surface area contributed by atoms with Crippen molar-refractivity contribution >= 4 is 11.8 Å². The quantitative estimate of drug-likeness (QED) is 0.833. The Balaban J connectivity index is 1.81. The first-order valence-electron chi connectivity index (χ1n) is 6.49. The molecule has 1 aliphatic rings. The van der Waals surface area contributed by atoms with E-state index in [9.17, 15) is 0 Å². The fourth-order valence-electron chi connectivity index (χ4n) is 2.62. The third-order valence-electron chi connectivity index (χ3n) is 3.53. The number of aryl methyl sites for hydroxylation is 2. The van der Waals surface area contributed by atoms with Crippen LogP contribution in [0.5, 0.6) is 0 Å². The van der Waals surface area contributed by atoms with Crippen molar-refractivity contribution < 1.29 is 0 Å². The Morgan fingerprint density at radius 1 is 1.35 bits per heavy atom. The number of rotatable bonds is 4. The fourth-order valence-corrected chi connectivity index (χ4v) is 3.72. The largest absolute Gasteiger partial charge is 0.327 e. The van der Waals surface area contributed by atoms with Crippen LogP contribution in [0.3, 0.4) is 0 Å². The smallest absolute Gasteiger partial charge is 0.0965 e. The molecular formula is C14H22N2S. The molecule has 17 heavy (non-hydrogen) atoms. The van der Waals surface area contributed by atoms with Crippen LogP contribution in [0, 0.1) is 19.8 Å². The van der Waals surface area contributed by atoms with E-state index in [4.69, 9.17) is 5.73 Å². The molecule has 2 N–H and O–H groups in total. The fraction of sp³-hybridized carbons (Fsp3) is 0.643. The van der Waals surface area contributed by atoms with Crippen molar-refractivity contribution in [2.45, 2.75) is 50.6 Å². The Labute approximate surface area is 108 Å². The molecule has 94 valence electrons. The summed E-state index contributed by atoms with van der Waals surface area (Å²) in [5, 5.41) is 1.16. The number of hydrogen-bond donors (Lipinski definition) is 1. The minimum Gasteiger partial charge on any atom is -0.327 e. The monoisotopic (exact) mass is 250 g/mol. The first-order chi connectivity index (χ1) is 8.15. The van der Waals surface area contributed by atoms with Crippen molar-refractivity contribution in [1.29, 1.82) is 0 Å². The van der Waals surface area contributed by atoms with Crippen molar-refractivity contribution in [3.8, 4) is 0 Å². The maximum Gasteiger partial charge on any atom is 0.0965 e. The molecule has 2 atom stereocenters. The van der Waals surface area contributed by atoms with Crippen molar-refractivity contribution in [2.24, 2.45) is 11.7 Å². The molecule has 0 spiro atoms. The van der Waals surface area contributed by atoms with Crippen molar-refractivity contribution in [2.75, 3.05) is 5.75 Å². The summed E-state index contributed by atoms with van der Waals surface area (Å²) in [5.74, 6) is 1.89. The second-order valence-corrected chi connectivity index (χ2v) is 6.23. The lowest BCUT2D eigenvalue weighted by atomic mass is 10.0. The van der Waals surface area contributed by atoms with Crippen LogP contribution in [0.15, 0.2) is 17.2 Å². The average molecular weight is 250 g/mol. The van der Waals surface area contributed by atoms with Gasteiger partial charge in [0.2, 0.25) is 0 Å². The lowest BCUT2D eigenvalue weighted by Gasteiger charge is -2.14. The van der Waals surface area contributed by atoms with E-state index < -0.39 is 0 Å². The minimum atomic E-state index is 0.447. The van der Waals surface area contributed by atoms with E-state index in [0.717, 1.165) is 22.4 Å². The zero-order valence-corrected chi connectivity index (χ0v) is 11.6. The summed E-state index contributed by atoms with van der Waals surface area (Å²) in [7, 11) is 0. The predicted octanol–water partition coefficient (Wildman–Crippen LogP) is 3.31. The number of thioether (sulfide) groups is 1. The molecule has 2 nitrogen and oxygen atoms in total. The summed E-state index contributed by atoms with van der Waals surface area (Å²) >= 11 is 1.87.